The number of hydrogen-bond donors (Lipinski definition) is 1. The van der Waals surface area contributed by atoms with Gasteiger partial charge in [0.1, 0.15) is 5.82 Å². The molecule has 1 aliphatic rings. The van der Waals surface area contributed by atoms with Gasteiger partial charge in [0.15, 0.2) is 0 Å². The van der Waals surface area contributed by atoms with Crippen LogP contribution in [0.3, 0.4) is 0 Å². The number of aryl methyl sites for hydroxylation is 1. The molecule has 1 heterocycles. The summed E-state index contributed by atoms with van der Waals surface area (Å²) in [7, 11) is 0. The van der Waals surface area contributed by atoms with Crippen molar-refractivity contribution >= 4 is 0 Å². The quantitative estimate of drug-likeness (QED) is 0.884. The van der Waals surface area contributed by atoms with Gasteiger partial charge in [0.25, 0.3) is 0 Å². The van der Waals surface area contributed by atoms with E-state index in [0.717, 1.165) is 24.6 Å². The summed E-state index contributed by atoms with van der Waals surface area (Å²) in [4.78, 5) is 2.47. The van der Waals surface area contributed by atoms with E-state index in [4.69, 9.17) is 5.73 Å². The highest BCUT2D eigenvalue weighted by atomic mass is 19.1. The van der Waals surface area contributed by atoms with Crippen molar-refractivity contribution in [1.29, 1.82) is 0 Å². The molecule has 2 unspecified atom stereocenters. The normalized spacial score (nSPS) is 21.8. The van der Waals surface area contributed by atoms with Crippen LogP contribution < -0.4 is 5.73 Å². The van der Waals surface area contributed by atoms with E-state index in [-0.39, 0.29) is 11.9 Å². The van der Waals surface area contributed by atoms with Gasteiger partial charge in [-0.2, -0.15) is 0 Å². The third kappa shape index (κ3) is 3.34. The Hall–Kier alpha value is -0.930. The highest BCUT2D eigenvalue weighted by Crippen LogP contribution is 2.30. The smallest absolute Gasteiger partial charge is 0.123 e. The summed E-state index contributed by atoms with van der Waals surface area (Å²) >= 11 is 0. The second kappa shape index (κ2) is 6.49. The van der Waals surface area contributed by atoms with Crippen LogP contribution in [0.1, 0.15) is 43.4 Å². The van der Waals surface area contributed by atoms with Crippen molar-refractivity contribution in [3.8, 4) is 0 Å². The predicted octanol–water partition coefficient (Wildman–Crippen LogP) is 3.26. The van der Waals surface area contributed by atoms with Crippen LogP contribution in [-0.2, 0) is 0 Å². The third-order valence-corrected chi connectivity index (χ3v) is 4.27. The number of halogens is 1. The first-order valence-corrected chi connectivity index (χ1v) is 7.35. The highest BCUT2D eigenvalue weighted by Gasteiger charge is 2.28. The van der Waals surface area contributed by atoms with Crippen LogP contribution in [0.2, 0.25) is 0 Å². The van der Waals surface area contributed by atoms with Crippen LogP contribution in [0.25, 0.3) is 0 Å². The Bertz CT molecular complexity index is 419. The molecule has 0 amide bonds. The van der Waals surface area contributed by atoms with E-state index in [9.17, 15) is 4.39 Å². The molecule has 0 bridgehead atoms. The molecular weight excluding hydrogens is 239 g/mol. The molecule has 2 rings (SSSR count). The zero-order chi connectivity index (χ0) is 13.8. The van der Waals surface area contributed by atoms with E-state index >= 15 is 0 Å². The van der Waals surface area contributed by atoms with E-state index in [1.165, 1.54) is 24.8 Å². The molecule has 0 radical (unpaired) electrons. The molecule has 2 N–H and O–H groups in total. The predicted molar refractivity (Wildman–Crippen MR) is 77.5 cm³/mol. The van der Waals surface area contributed by atoms with Crippen molar-refractivity contribution in [2.45, 2.75) is 39.2 Å². The van der Waals surface area contributed by atoms with E-state index < -0.39 is 0 Å². The monoisotopic (exact) mass is 264 g/mol. The van der Waals surface area contributed by atoms with E-state index in [2.05, 4.69) is 11.8 Å². The van der Waals surface area contributed by atoms with Crippen LogP contribution >= 0.6 is 0 Å². The van der Waals surface area contributed by atoms with Gasteiger partial charge in [0, 0.05) is 19.1 Å². The van der Waals surface area contributed by atoms with E-state index in [1.807, 2.05) is 13.0 Å². The van der Waals surface area contributed by atoms with Crippen LogP contribution in [0.4, 0.5) is 4.39 Å². The summed E-state index contributed by atoms with van der Waals surface area (Å²) in [6, 6.07) is 5.29. The van der Waals surface area contributed by atoms with Gasteiger partial charge >= 0.3 is 0 Å². The Morgan fingerprint density at radius 1 is 1.47 bits per heavy atom. The molecule has 1 aromatic carbocycles. The first-order valence-electron chi connectivity index (χ1n) is 7.35. The van der Waals surface area contributed by atoms with Gasteiger partial charge in [-0.15, -0.1) is 0 Å². The summed E-state index contributed by atoms with van der Waals surface area (Å²) in [6.07, 6.45) is 3.82. The van der Waals surface area contributed by atoms with Gasteiger partial charge in [0.05, 0.1) is 0 Å². The van der Waals surface area contributed by atoms with Crippen LogP contribution in [-0.4, -0.2) is 24.5 Å². The zero-order valence-corrected chi connectivity index (χ0v) is 12.0. The third-order valence-electron chi connectivity index (χ3n) is 4.27. The Labute approximate surface area is 115 Å². The molecule has 0 aromatic heterocycles. The molecule has 106 valence electrons. The summed E-state index contributed by atoms with van der Waals surface area (Å²) in [5.41, 5.74) is 8.17. The average molecular weight is 264 g/mol. The zero-order valence-electron chi connectivity index (χ0n) is 12.0. The minimum Gasteiger partial charge on any atom is -0.329 e. The molecule has 1 fully saturated rings. The fourth-order valence-corrected chi connectivity index (χ4v) is 3.28. The second-order valence-electron chi connectivity index (χ2n) is 5.69. The van der Waals surface area contributed by atoms with Crippen LogP contribution in [0.5, 0.6) is 0 Å². The molecule has 19 heavy (non-hydrogen) atoms. The van der Waals surface area contributed by atoms with Crippen molar-refractivity contribution in [3.63, 3.8) is 0 Å². The maximum atomic E-state index is 13.2. The summed E-state index contributed by atoms with van der Waals surface area (Å²) in [5, 5.41) is 0. The van der Waals surface area contributed by atoms with Gasteiger partial charge in [-0.1, -0.05) is 19.4 Å². The maximum Gasteiger partial charge on any atom is 0.123 e. The molecule has 2 nitrogen and oxygen atoms in total. The van der Waals surface area contributed by atoms with Crippen molar-refractivity contribution in [2.24, 2.45) is 11.7 Å². The molecular formula is C16H25FN2. The minimum absolute atomic E-state index is 0.165. The fraction of sp³-hybridized carbons (Fsp3) is 0.625. The molecule has 1 aliphatic heterocycles. The summed E-state index contributed by atoms with van der Waals surface area (Å²) < 4.78 is 13.2. The summed E-state index contributed by atoms with van der Waals surface area (Å²) in [5.74, 6) is 0.641. The second-order valence-corrected chi connectivity index (χ2v) is 5.69. The number of benzene rings is 1. The fourth-order valence-electron chi connectivity index (χ4n) is 3.28. The Balaban J connectivity index is 2.12. The van der Waals surface area contributed by atoms with Crippen LogP contribution in [0, 0.1) is 18.7 Å². The van der Waals surface area contributed by atoms with Crippen LogP contribution in [0.15, 0.2) is 18.2 Å². The minimum atomic E-state index is -0.165. The van der Waals surface area contributed by atoms with Gasteiger partial charge in [0.2, 0.25) is 0 Å². The van der Waals surface area contributed by atoms with E-state index in [0.29, 0.717) is 6.54 Å². The number of hydrogen-bond acceptors (Lipinski definition) is 2. The van der Waals surface area contributed by atoms with Gasteiger partial charge in [-0.25, -0.2) is 4.39 Å². The Kier molecular flexibility index (Phi) is 4.94. The van der Waals surface area contributed by atoms with Crippen molar-refractivity contribution in [2.75, 3.05) is 19.6 Å². The number of rotatable bonds is 5. The Morgan fingerprint density at radius 3 is 2.89 bits per heavy atom. The highest BCUT2D eigenvalue weighted by molar-refractivity contribution is 5.30. The lowest BCUT2D eigenvalue weighted by atomic mass is 9.99. The lowest BCUT2D eigenvalue weighted by Crippen LogP contribution is -2.32. The lowest BCUT2D eigenvalue weighted by molar-refractivity contribution is 0.239. The molecule has 0 aliphatic carbocycles. The van der Waals surface area contributed by atoms with Crippen molar-refractivity contribution < 1.29 is 4.39 Å². The molecule has 0 spiro atoms. The van der Waals surface area contributed by atoms with Crippen molar-refractivity contribution in [1.82, 2.24) is 4.90 Å². The Morgan fingerprint density at radius 2 is 2.26 bits per heavy atom. The average Bonchev–Trinajstić information content (AvgIpc) is 2.82. The topological polar surface area (TPSA) is 29.3 Å². The first-order chi connectivity index (χ1) is 9.15. The largest absolute Gasteiger partial charge is 0.329 e. The first kappa shape index (κ1) is 14.5. The number of likely N-dealkylation sites (tertiary alicyclic amines) is 1. The summed E-state index contributed by atoms with van der Waals surface area (Å²) in [6.45, 7) is 7.06. The lowest BCUT2D eigenvalue weighted by Gasteiger charge is -2.28. The van der Waals surface area contributed by atoms with Gasteiger partial charge < -0.3 is 5.73 Å². The van der Waals surface area contributed by atoms with Crippen molar-refractivity contribution in [3.05, 3.63) is 35.1 Å². The molecule has 3 heteroatoms. The molecule has 1 aromatic rings. The molecule has 2 atom stereocenters. The standard InChI is InChI=1S/C16H25FN2/c1-3-4-13-7-8-19(11-13)16(10-18)15-6-5-14(17)9-12(15)2/h5-6,9,13,16H,3-4,7-8,10-11,18H2,1-2H3. The number of nitrogens with two attached hydrogens (primary N) is 1. The van der Waals surface area contributed by atoms with Gasteiger partial charge in [-0.05, 0) is 55.5 Å². The maximum absolute atomic E-state index is 13.2. The van der Waals surface area contributed by atoms with E-state index in [1.54, 1.807) is 12.1 Å². The molecule has 1 saturated heterocycles. The SMILES string of the molecule is CCCC1CCN(C(CN)c2ccc(F)cc2C)C1. The van der Waals surface area contributed by atoms with Gasteiger partial charge in [-0.3, -0.25) is 4.90 Å². The molecule has 0 saturated carbocycles. The number of nitrogens with zero attached hydrogens (tertiary/aromatic N) is 1.